The van der Waals surface area contributed by atoms with Crippen LogP contribution in [0.4, 0.5) is 0 Å². The van der Waals surface area contributed by atoms with Crippen molar-refractivity contribution in [1.82, 2.24) is 10.2 Å². The molecule has 18 heavy (non-hydrogen) atoms. The van der Waals surface area contributed by atoms with Crippen LogP contribution in [0.15, 0.2) is 22.7 Å². The number of ether oxygens (including phenoxy) is 1. The van der Waals surface area contributed by atoms with Gasteiger partial charge in [-0.05, 0) is 33.6 Å². The highest BCUT2D eigenvalue weighted by Gasteiger charge is 2.21. The van der Waals surface area contributed by atoms with Gasteiger partial charge in [-0.15, -0.1) is 0 Å². The first-order chi connectivity index (χ1) is 8.74. The fourth-order valence-corrected chi connectivity index (χ4v) is 2.69. The average molecular weight is 310 g/mol. The van der Waals surface area contributed by atoms with Gasteiger partial charge < -0.3 is 10.1 Å². The van der Waals surface area contributed by atoms with Crippen LogP contribution in [0.1, 0.15) is 5.56 Å². The van der Waals surface area contributed by atoms with Crippen LogP contribution in [-0.2, 0) is 6.54 Å². The maximum Gasteiger partial charge on any atom is 0.133 e. The zero-order chi connectivity index (χ0) is 13.0. The molecule has 1 atom stereocenters. The van der Waals surface area contributed by atoms with E-state index < -0.39 is 0 Å². The van der Waals surface area contributed by atoms with Gasteiger partial charge in [-0.25, -0.2) is 0 Å². The number of hydrogen-bond acceptors (Lipinski definition) is 4. The second-order valence-electron chi connectivity index (χ2n) is 4.29. The molecule has 1 saturated heterocycles. The molecule has 1 aliphatic heterocycles. The van der Waals surface area contributed by atoms with E-state index in [0.29, 0.717) is 0 Å². The minimum atomic E-state index is -0.0420. The molecule has 4 nitrogen and oxygen atoms in total. The van der Waals surface area contributed by atoms with E-state index in [1.54, 1.807) is 7.11 Å². The molecule has 2 rings (SSSR count). The van der Waals surface area contributed by atoms with Crippen LogP contribution in [0.25, 0.3) is 0 Å². The predicted molar refractivity (Wildman–Crippen MR) is 73.4 cm³/mol. The number of nitriles is 1. The summed E-state index contributed by atoms with van der Waals surface area (Å²) in [5.74, 6) is 0.830. The smallest absolute Gasteiger partial charge is 0.133 e. The number of hydrogen-bond donors (Lipinski definition) is 1. The molecule has 0 aliphatic carbocycles. The van der Waals surface area contributed by atoms with Gasteiger partial charge in [0.15, 0.2) is 0 Å². The van der Waals surface area contributed by atoms with Crippen molar-refractivity contribution >= 4 is 15.9 Å². The Morgan fingerprint density at radius 3 is 3.11 bits per heavy atom. The van der Waals surface area contributed by atoms with E-state index in [0.717, 1.165) is 36.4 Å². The van der Waals surface area contributed by atoms with Crippen molar-refractivity contribution in [2.45, 2.75) is 12.6 Å². The zero-order valence-electron chi connectivity index (χ0n) is 10.3. The van der Waals surface area contributed by atoms with Gasteiger partial charge in [-0.2, -0.15) is 5.26 Å². The third-order valence-corrected chi connectivity index (χ3v) is 3.72. The Hall–Kier alpha value is -1.09. The Kier molecular flexibility index (Phi) is 4.59. The number of benzene rings is 1. The summed E-state index contributed by atoms with van der Waals surface area (Å²) in [7, 11) is 1.65. The molecule has 0 amide bonds. The Morgan fingerprint density at radius 2 is 2.44 bits per heavy atom. The van der Waals surface area contributed by atoms with Gasteiger partial charge in [0, 0.05) is 26.2 Å². The summed E-state index contributed by atoms with van der Waals surface area (Å²) >= 11 is 3.48. The maximum atomic E-state index is 9.12. The fraction of sp³-hybridized carbons (Fsp3) is 0.462. The number of halogens is 1. The topological polar surface area (TPSA) is 48.3 Å². The van der Waals surface area contributed by atoms with E-state index >= 15 is 0 Å². The van der Waals surface area contributed by atoms with E-state index in [1.165, 1.54) is 5.56 Å². The lowest BCUT2D eigenvalue weighted by atomic mass is 10.1. The molecule has 1 N–H and O–H groups in total. The largest absolute Gasteiger partial charge is 0.496 e. The normalized spacial score (nSPS) is 20.4. The summed E-state index contributed by atoms with van der Waals surface area (Å²) in [5, 5.41) is 12.4. The highest BCUT2D eigenvalue weighted by atomic mass is 79.9. The summed E-state index contributed by atoms with van der Waals surface area (Å²) < 4.78 is 6.16. The maximum absolute atomic E-state index is 9.12. The monoisotopic (exact) mass is 309 g/mol. The molecule has 0 radical (unpaired) electrons. The number of nitrogens with one attached hydrogen (secondary N) is 1. The van der Waals surface area contributed by atoms with E-state index in [1.807, 2.05) is 12.1 Å². The SMILES string of the molecule is COc1ccc(CN2CCNCC2C#N)cc1Br. The molecule has 0 bridgehead atoms. The minimum absolute atomic E-state index is 0.0420. The molecule has 96 valence electrons. The molecule has 1 aromatic rings. The zero-order valence-corrected chi connectivity index (χ0v) is 11.9. The lowest BCUT2D eigenvalue weighted by molar-refractivity contribution is 0.189. The Bertz CT molecular complexity index is 458. The van der Waals surface area contributed by atoms with Crippen LogP contribution in [0.3, 0.4) is 0 Å². The third-order valence-electron chi connectivity index (χ3n) is 3.11. The van der Waals surface area contributed by atoms with Crippen molar-refractivity contribution in [2.75, 3.05) is 26.7 Å². The van der Waals surface area contributed by atoms with Gasteiger partial charge in [0.25, 0.3) is 0 Å². The van der Waals surface area contributed by atoms with Gasteiger partial charge in [0.1, 0.15) is 11.8 Å². The third kappa shape index (κ3) is 3.02. The van der Waals surface area contributed by atoms with Crippen LogP contribution < -0.4 is 10.1 Å². The van der Waals surface area contributed by atoms with Gasteiger partial charge in [-0.3, -0.25) is 4.90 Å². The van der Waals surface area contributed by atoms with Crippen LogP contribution >= 0.6 is 15.9 Å². The first kappa shape index (κ1) is 13.3. The fourth-order valence-electron chi connectivity index (χ4n) is 2.11. The van der Waals surface area contributed by atoms with Crippen molar-refractivity contribution < 1.29 is 4.74 Å². The first-order valence-electron chi connectivity index (χ1n) is 5.91. The van der Waals surface area contributed by atoms with E-state index in [-0.39, 0.29) is 6.04 Å². The van der Waals surface area contributed by atoms with Gasteiger partial charge >= 0.3 is 0 Å². The van der Waals surface area contributed by atoms with E-state index in [2.05, 4.69) is 38.3 Å². The van der Waals surface area contributed by atoms with Gasteiger partial charge in [-0.1, -0.05) is 6.07 Å². The molecule has 1 unspecified atom stereocenters. The average Bonchev–Trinajstić information content (AvgIpc) is 2.39. The van der Waals surface area contributed by atoms with Crippen molar-refractivity contribution in [1.29, 1.82) is 5.26 Å². The summed E-state index contributed by atoms with van der Waals surface area (Å²) in [4.78, 5) is 2.20. The van der Waals surface area contributed by atoms with Crippen LogP contribution in [0.2, 0.25) is 0 Å². The van der Waals surface area contributed by atoms with Gasteiger partial charge in [0.2, 0.25) is 0 Å². The van der Waals surface area contributed by atoms with Crippen LogP contribution in [0, 0.1) is 11.3 Å². The molecule has 0 spiro atoms. The molecule has 0 aromatic heterocycles. The second-order valence-corrected chi connectivity index (χ2v) is 5.14. The Labute approximate surface area is 116 Å². The minimum Gasteiger partial charge on any atom is -0.496 e. The molecule has 5 heteroatoms. The molecule has 0 saturated carbocycles. The lowest BCUT2D eigenvalue weighted by Crippen LogP contribution is -2.49. The number of piperazine rings is 1. The van der Waals surface area contributed by atoms with Crippen molar-refractivity contribution in [3.63, 3.8) is 0 Å². The van der Waals surface area contributed by atoms with Crippen molar-refractivity contribution in [3.8, 4) is 11.8 Å². The van der Waals surface area contributed by atoms with E-state index in [4.69, 9.17) is 10.00 Å². The highest BCUT2D eigenvalue weighted by molar-refractivity contribution is 9.10. The lowest BCUT2D eigenvalue weighted by Gasteiger charge is -2.31. The molecule has 1 aromatic carbocycles. The Balaban J connectivity index is 2.08. The standard InChI is InChI=1S/C13H16BrN3O/c1-18-13-3-2-10(6-12(13)14)9-17-5-4-16-8-11(17)7-15/h2-3,6,11,16H,4-5,8-9H2,1H3. The quantitative estimate of drug-likeness (QED) is 0.924. The first-order valence-corrected chi connectivity index (χ1v) is 6.70. The van der Waals surface area contributed by atoms with Crippen molar-refractivity contribution in [3.05, 3.63) is 28.2 Å². The molecular formula is C13H16BrN3O. The predicted octanol–water partition coefficient (Wildman–Crippen LogP) is 1.76. The molecule has 1 aliphatic rings. The van der Waals surface area contributed by atoms with Crippen LogP contribution in [-0.4, -0.2) is 37.7 Å². The Morgan fingerprint density at radius 1 is 1.61 bits per heavy atom. The number of methoxy groups -OCH3 is 1. The molecular weight excluding hydrogens is 294 g/mol. The van der Waals surface area contributed by atoms with Crippen LogP contribution in [0.5, 0.6) is 5.75 Å². The van der Waals surface area contributed by atoms with Gasteiger partial charge in [0.05, 0.1) is 17.7 Å². The summed E-state index contributed by atoms with van der Waals surface area (Å²) in [6.45, 7) is 3.38. The van der Waals surface area contributed by atoms with Crippen molar-refractivity contribution in [2.24, 2.45) is 0 Å². The second kappa shape index (κ2) is 6.19. The summed E-state index contributed by atoms with van der Waals surface area (Å²) in [6.07, 6.45) is 0. The van der Waals surface area contributed by atoms with E-state index in [9.17, 15) is 0 Å². The summed E-state index contributed by atoms with van der Waals surface area (Å²) in [6, 6.07) is 8.34. The number of rotatable bonds is 3. The molecule has 1 heterocycles. The summed E-state index contributed by atoms with van der Waals surface area (Å²) in [5.41, 5.74) is 1.19. The highest BCUT2D eigenvalue weighted by Crippen LogP contribution is 2.26. The number of nitrogens with zero attached hydrogens (tertiary/aromatic N) is 2. The molecule has 1 fully saturated rings.